The van der Waals surface area contributed by atoms with Gasteiger partial charge in [0.05, 0.1) is 4.92 Å². The minimum Gasteiger partial charge on any atom is -0.338 e. The summed E-state index contributed by atoms with van der Waals surface area (Å²) in [7, 11) is 0. The van der Waals surface area contributed by atoms with Crippen LogP contribution in [0.3, 0.4) is 0 Å². The number of carbonyl (C=O) groups excluding carboxylic acids is 1. The summed E-state index contributed by atoms with van der Waals surface area (Å²) in [5.41, 5.74) is 6.74. The van der Waals surface area contributed by atoms with E-state index in [0.717, 1.165) is 6.42 Å². The van der Waals surface area contributed by atoms with E-state index in [1.807, 2.05) is 0 Å². The van der Waals surface area contributed by atoms with Gasteiger partial charge in [-0.3, -0.25) is 14.9 Å². The van der Waals surface area contributed by atoms with E-state index in [-0.39, 0.29) is 29.4 Å². The Labute approximate surface area is 129 Å². The van der Waals surface area contributed by atoms with Crippen LogP contribution in [-0.2, 0) is 0 Å². The van der Waals surface area contributed by atoms with Crippen molar-refractivity contribution in [2.24, 2.45) is 11.1 Å². The van der Waals surface area contributed by atoms with Crippen molar-refractivity contribution in [3.63, 3.8) is 0 Å². The molecule has 1 aromatic carbocycles. The number of halogens is 1. The van der Waals surface area contributed by atoms with Crippen LogP contribution in [0.15, 0.2) is 18.2 Å². The first kappa shape index (κ1) is 17.4. The van der Waals surface area contributed by atoms with E-state index in [9.17, 15) is 14.9 Å². The quantitative estimate of drug-likeness (QED) is 0.684. The molecule has 1 amide bonds. The molecule has 1 fully saturated rings. The maximum absolute atomic E-state index is 12.4. The van der Waals surface area contributed by atoms with Gasteiger partial charge < -0.3 is 10.6 Å². The second kappa shape index (κ2) is 6.41. The SMILES string of the molecule is Cc1cc(C(=O)N2CCC(C)(CN)C2)ccc1[N+](=O)[O-].Cl. The predicted octanol–water partition coefficient (Wildman–Crippen LogP) is 2.14. The van der Waals surface area contributed by atoms with Crippen molar-refractivity contribution in [1.82, 2.24) is 4.90 Å². The molecule has 0 bridgehead atoms. The third-order valence-electron chi connectivity index (χ3n) is 3.98. The first-order chi connectivity index (χ1) is 9.36. The number of nitrogens with two attached hydrogens (primary N) is 1. The van der Waals surface area contributed by atoms with Gasteiger partial charge in [0.1, 0.15) is 0 Å². The van der Waals surface area contributed by atoms with Gasteiger partial charge in [-0.05, 0) is 37.4 Å². The molecule has 1 heterocycles. The Morgan fingerprint density at radius 2 is 2.19 bits per heavy atom. The largest absolute Gasteiger partial charge is 0.338 e. The molecule has 0 aromatic heterocycles. The van der Waals surface area contributed by atoms with Crippen molar-refractivity contribution < 1.29 is 9.72 Å². The maximum Gasteiger partial charge on any atom is 0.272 e. The van der Waals surface area contributed by atoms with Crippen LogP contribution in [0.5, 0.6) is 0 Å². The van der Waals surface area contributed by atoms with Crippen LogP contribution in [0.4, 0.5) is 5.69 Å². The highest BCUT2D eigenvalue weighted by Crippen LogP contribution is 2.30. The minimum absolute atomic E-state index is 0. The third kappa shape index (κ3) is 3.51. The number of nitro benzene ring substituents is 1. The fraction of sp³-hybridized carbons (Fsp3) is 0.500. The molecule has 1 atom stereocenters. The van der Waals surface area contributed by atoms with Gasteiger partial charge in [0.25, 0.3) is 11.6 Å². The smallest absolute Gasteiger partial charge is 0.272 e. The molecule has 0 spiro atoms. The number of aryl methyl sites for hydroxylation is 1. The lowest BCUT2D eigenvalue weighted by atomic mass is 9.90. The Balaban J connectivity index is 0.00000220. The third-order valence-corrected chi connectivity index (χ3v) is 3.98. The van der Waals surface area contributed by atoms with Crippen molar-refractivity contribution in [1.29, 1.82) is 0 Å². The Bertz CT molecular complexity index is 564. The lowest BCUT2D eigenvalue weighted by Crippen LogP contribution is -2.34. The molecule has 1 aromatic rings. The first-order valence-corrected chi connectivity index (χ1v) is 6.61. The number of hydrogen-bond donors (Lipinski definition) is 1. The fourth-order valence-electron chi connectivity index (χ4n) is 2.54. The molecule has 2 rings (SSSR count). The van der Waals surface area contributed by atoms with Crippen LogP contribution >= 0.6 is 12.4 Å². The number of carbonyl (C=O) groups is 1. The van der Waals surface area contributed by atoms with Gasteiger partial charge in [-0.25, -0.2) is 0 Å². The van der Waals surface area contributed by atoms with Gasteiger partial charge in [0, 0.05) is 30.3 Å². The van der Waals surface area contributed by atoms with Gasteiger partial charge in [-0.2, -0.15) is 0 Å². The van der Waals surface area contributed by atoms with Crippen LogP contribution in [0.1, 0.15) is 29.3 Å². The second-order valence-electron chi connectivity index (χ2n) is 5.75. The zero-order chi connectivity index (χ0) is 14.9. The Kier molecular flexibility index (Phi) is 5.31. The number of benzene rings is 1. The highest BCUT2D eigenvalue weighted by Gasteiger charge is 2.35. The van der Waals surface area contributed by atoms with Crippen LogP contribution in [0.25, 0.3) is 0 Å². The number of hydrogen-bond acceptors (Lipinski definition) is 4. The molecule has 0 saturated carbocycles. The molecule has 2 N–H and O–H groups in total. The van der Waals surface area contributed by atoms with E-state index < -0.39 is 4.92 Å². The summed E-state index contributed by atoms with van der Waals surface area (Å²) in [6.45, 7) is 5.58. The maximum atomic E-state index is 12.4. The zero-order valence-electron chi connectivity index (χ0n) is 12.2. The predicted molar refractivity (Wildman–Crippen MR) is 82.8 cm³/mol. The van der Waals surface area contributed by atoms with Crippen LogP contribution in [-0.4, -0.2) is 35.4 Å². The van der Waals surface area contributed by atoms with Gasteiger partial charge in [0.2, 0.25) is 0 Å². The van der Waals surface area contributed by atoms with Crippen LogP contribution in [0.2, 0.25) is 0 Å². The molecule has 1 unspecified atom stereocenters. The number of nitro groups is 1. The highest BCUT2D eigenvalue weighted by atomic mass is 35.5. The summed E-state index contributed by atoms with van der Waals surface area (Å²) in [6.07, 6.45) is 0.890. The van der Waals surface area contributed by atoms with Crippen molar-refractivity contribution in [2.45, 2.75) is 20.3 Å². The van der Waals surface area contributed by atoms with Crippen molar-refractivity contribution in [3.8, 4) is 0 Å². The van der Waals surface area contributed by atoms with E-state index in [0.29, 0.717) is 30.8 Å². The molecule has 6 nitrogen and oxygen atoms in total. The summed E-state index contributed by atoms with van der Waals surface area (Å²) < 4.78 is 0. The zero-order valence-corrected chi connectivity index (χ0v) is 13.0. The monoisotopic (exact) mass is 313 g/mol. The van der Waals surface area contributed by atoms with Crippen molar-refractivity contribution in [2.75, 3.05) is 19.6 Å². The normalized spacial score (nSPS) is 21.0. The highest BCUT2D eigenvalue weighted by molar-refractivity contribution is 5.95. The summed E-state index contributed by atoms with van der Waals surface area (Å²) >= 11 is 0. The number of rotatable bonds is 3. The van der Waals surface area contributed by atoms with E-state index in [4.69, 9.17) is 5.73 Å². The summed E-state index contributed by atoms with van der Waals surface area (Å²) in [4.78, 5) is 24.5. The van der Waals surface area contributed by atoms with E-state index >= 15 is 0 Å². The lowest BCUT2D eigenvalue weighted by molar-refractivity contribution is -0.385. The van der Waals surface area contributed by atoms with Crippen molar-refractivity contribution >= 4 is 24.0 Å². The average Bonchev–Trinajstić information content (AvgIpc) is 2.81. The lowest BCUT2D eigenvalue weighted by Gasteiger charge is -2.22. The molecular formula is C14H20ClN3O3. The van der Waals surface area contributed by atoms with Gasteiger partial charge in [0.15, 0.2) is 0 Å². The van der Waals surface area contributed by atoms with E-state index in [1.54, 1.807) is 17.9 Å². The summed E-state index contributed by atoms with van der Waals surface area (Å²) in [6, 6.07) is 4.49. The van der Waals surface area contributed by atoms with Gasteiger partial charge in [-0.15, -0.1) is 12.4 Å². The molecule has 0 radical (unpaired) electrons. The fourth-order valence-corrected chi connectivity index (χ4v) is 2.54. The Morgan fingerprint density at radius 3 is 2.67 bits per heavy atom. The molecule has 116 valence electrons. The number of amides is 1. The van der Waals surface area contributed by atoms with E-state index in [2.05, 4.69) is 6.92 Å². The number of likely N-dealkylation sites (tertiary alicyclic amines) is 1. The van der Waals surface area contributed by atoms with Crippen molar-refractivity contribution in [3.05, 3.63) is 39.4 Å². The topological polar surface area (TPSA) is 89.5 Å². The van der Waals surface area contributed by atoms with Crippen LogP contribution < -0.4 is 5.73 Å². The molecule has 0 aliphatic carbocycles. The van der Waals surface area contributed by atoms with Crippen LogP contribution in [0, 0.1) is 22.5 Å². The van der Waals surface area contributed by atoms with Gasteiger partial charge in [-0.1, -0.05) is 6.92 Å². The van der Waals surface area contributed by atoms with Gasteiger partial charge >= 0.3 is 0 Å². The minimum atomic E-state index is -0.440. The molecule has 1 saturated heterocycles. The number of nitrogens with zero attached hydrogens (tertiary/aromatic N) is 2. The molecule has 7 heteroatoms. The summed E-state index contributed by atoms with van der Waals surface area (Å²) in [5.74, 6) is -0.0832. The molecule has 1 aliphatic heterocycles. The summed E-state index contributed by atoms with van der Waals surface area (Å²) in [5, 5.41) is 10.8. The Hall–Kier alpha value is -1.66. The second-order valence-corrected chi connectivity index (χ2v) is 5.75. The molecule has 21 heavy (non-hydrogen) atoms. The molecule has 1 aliphatic rings. The van der Waals surface area contributed by atoms with E-state index in [1.165, 1.54) is 12.1 Å². The molecular weight excluding hydrogens is 294 g/mol. The first-order valence-electron chi connectivity index (χ1n) is 6.61. The standard InChI is InChI=1S/C14H19N3O3.ClH/c1-10-7-11(3-4-12(10)17(19)20)13(18)16-6-5-14(2,8-15)9-16;/h3-4,7H,5-6,8-9,15H2,1-2H3;1H. The average molecular weight is 314 g/mol. The Morgan fingerprint density at radius 1 is 1.52 bits per heavy atom.